The van der Waals surface area contributed by atoms with E-state index in [9.17, 15) is 5.11 Å². The number of benzene rings is 1. The van der Waals surface area contributed by atoms with Crippen molar-refractivity contribution in [3.05, 3.63) is 24.4 Å². The van der Waals surface area contributed by atoms with Crippen molar-refractivity contribution in [1.29, 1.82) is 0 Å². The molecule has 1 aliphatic rings. The fraction of sp³-hybridized carbons (Fsp3) is 0.667. The van der Waals surface area contributed by atoms with Crippen molar-refractivity contribution in [3.63, 3.8) is 0 Å². The van der Waals surface area contributed by atoms with Crippen LogP contribution in [0, 0.1) is 0 Å². The van der Waals surface area contributed by atoms with Crippen molar-refractivity contribution < 1.29 is 19.0 Å². The maximum absolute atomic E-state index is 9.34. The molecule has 1 aromatic carbocycles. The molecule has 0 saturated carbocycles. The summed E-state index contributed by atoms with van der Waals surface area (Å²) in [4.78, 5) is 1.70. The molecule has 1 unspecified atom stereocenters. The predicted molar refractivity (Wildman–Crippen MR) is 147 cm³/mol. The molecule has 3 aromatic rings. The monoisotopic (exact) mass is 529 g/mol. The summed E-state index contributed by atoms with van der Waals surface area (Å²) in [6, 6.07) is 6.26. The fourth-order valence-corrected chi connectivity index (χ4v) is 5.16. The summed E-state index contributed by atoms with van der Waals surface area (Å²) >= 11 is 0. The topological polar surface area (TPSA) is 96.5 Å². The lowest BCUT2D eigenvalue weighted by Gasteiger charge is -2.36. The molecule has 0 aliphatic carbocycles. The van der Waals surface area contributed by atoms with Crippen LogP contribution in [0.3, 0.4) is 0 Å². The molecule has 0 amide bonds. The smallest absolute Gasteiger partial charge is 0.250 e. The van der Waals surface area contributed by atoms with Gasteiger partial charge in [-0.3, -0.25) is 0 Å². The van der Waals surface area contributed by atoms with Crippen LogP contribution in [-0.2, 0) is 16.0 Å². The van der Waals surface area contributed by atoms with Crippen LogP contribution in [0.2, 0.25) is 18.1 Å². The van der Waals surface area contributed by atoms with E-state index in [1.165, 1.54) is 0 Å². The number of nitrogens with zero attached hydrogens (tertiary/aromatic N) is 5. The molecule has 4 rings (SSSR count). The minimum Gasteiger partial charge on any atom is -0.543 e. The van der Waals surface area contributed by atoms with Crippen LogP contribution in [0.4, 0.5) is 0 Å². The largest absolute Gasteiger partial charge is 0.543 e. The zero-order chi connectivity index (χ0) is 26.6. The number of aliphatic hydroxyl groups excluding tert-OH is 1. The number of hydrogen-bond acceptors (Lipinski definition) is 7. The highest BCUT2D eigenvalue weighted by Gasteiger charge is 2.39. The first-order valence-electron chi connectivity index (χ1n) is 13.5. The molecule has 0 bridgehead atoms. The highest BCUT2D eigenvalue weighted by atomic mass is 28.4. The average Bonchev–Trinajstić information content (AvgIpc) is 3.45. The molecule has 9 nitrogen and oxygen atoms in total. The van der Waals surface area contributed by atoms with E-state index in [1.807, 2.05) is 4.68 Å². The number of fused-ring (bicyclic) bond motifs is 1. The van der Waals surface area contributed by atoms with E-state index in [4.69, 9.17) is 24.1 Å². The van der Waals surface area contributed by atoms with Crippen molar-refractivity contribution in [3.8, 4) is 17.1 Å². The van der Waals surface area contributed by atoms with Crippen LogP contribution < -0.4 is 4.43 Å². The Kier molecular flexibility index (Phi) is 8.73. The summed E-state index contributed by atoms with van der Waals surface area (Å²) in [5.74, 6) is 0.867. The van der Waals surface area contributed by atoms with Crippen LogP contribution in [0.1, 0.15) is 66.0 Å². The summed E-state index contributed by atoms with van der Waals surface area (Å²) in [7, 11) is -1.99. The van der Waals surface area contributed by atoms with Crippen LogP contribution in [-0.4, -0.2) is 64.1 Å². The summed E-state index contributed by atoms with van der Waals surface area (Å²) in [6.07, 6.45) is 5.97. The maximum Gasteiger partial charge on any atom is 0.250 e. The molecule has 3 heterocycles. The third-order valence-electron chi connectivity index (χ3n) is 7.39. The summed E-state index contributed by atoms with van der Waals surface area (Å²) < 4.78 is 20.3. The molecular formula is C27H43N5O4Si. The molecule has 2 atom stereocenters. The number of ether oxygens (including phenoxy) is 2. The number of aryl methyl sites for hydroxylation is 1. The van der Waals surface area contributed by atoms with E-state index in [0.717, 1.165) is 60.3 Å². The van der Waals surface area contributed by atoms with Gasteiger partial charge in [0.2, 0.25) is 8.32 Å². The molecule has 204 valence electrons. The molecular weight excluding hydrogens is 486 g/mol. The number of aromatic nitrogens is 5. The second-order valence-corrected chi connectivity index (χ2v) is 16.3. The van der Waals surface area contributed by atoms with E-state index >= 15 is 0 Å². The van der Waals surface area contributed by atoms with Crippen molar-refractivity contribution in [1.82, 2.24) is 24.8 Å². The fourth-order valence-electron chi connectivity index (χ4n) is 4.13. The van der Waals surface area contributed by atoms with Crippen molar-refractivity contribution >= 4 is 19.2 Å². The molecule has 1 saturated heterocycles. The van der Waals surface area contributed by atoms with Gasteiger partial charge in [-0.05, 0) is 75.4 Å². The van der Waals surface area contributed by atoms with Crippen LogP contribution in [0.5, 0.6) is 5.75 Å². The minimum absolute atomic E-state index is 0.0778. The normalized spacial score (nSPS) is 17.9. The zero-order valence-corrected chi connectivity index (χ0v) is 24.2. The van der Waals surface area contributed by atoms with Crippen molar-refractivity contribution in [2.24, 2.45) is 0 Å². The summed E-state index contributed by atoms with van der Waals surface area (Å²) in [6.45, 7) is 15.6. The van der Waals surface area contributed by atoms with Gasteiger partial charge in [0.25, 0.3) is 0 Å². The molecule has 10 heteroatoms. The lowest BCUT2D eigenvalue weighted by Crippen LogP contribution is -2.43. The lowest BCUT2D eigenvalue weighted by atomic mass is 10.1. The SMILES string of the molecule is C[C@@H](O)CCOCCCn1ncc(-c2nn(C3CCCCO3)c3ccc(O[Si](C)(C)C(C)(C)C)cc23)n1. The second-order valence-electron chi connectivity index (χ2n) is 11.6. The van der Waals surface area contributed by atoms with E-state index in [-0.39, 0.29) is 17.4 Å². The third-order valence-corrected chi connectivity index (χ3v) is 11.7. The first-order valence-corrected chi connectivity index (χ1v) is 16.5. The molecule has 37 heavy (non-hydrogen) atoms. The molecule has 0 spiro atoms. The Morgan fingerprint density at radius 2 is 2.00 bits per heavy atom. The van der Waals surface area contributed by atoms with Gasteiger partial charge in [0.15, 0.2) is 6.23 Å². The predicted octanol–water partition coefficient (Wildman–Crippen LogP) is 5.56. The third kappa shape index (κ3) is 6.79. The second kappa shape index (κ2) is 11.6. The number of hydrogen-bond donors (Lipinski definition) is 1. The Labute approximate surface area is 221 Å². The van der Waals surface area contributed by atoms with E-state index in [1.54, 1.807) is 17.9 Å². The minimum atomic E-state index is -1.99. The van der Waals surface area contributed by atoms with Crippen LogP contribution in [0.25, 0.3) is 22.3 Å². The van der Waals surface area contributed by atoms with Gasteiger partial charge in [0, 0.05) is 25.2 Å². The van der Waals surface area contributed by atoms with Crippen molar-refractivity contribution in [2.45, 2.75) is 96.8 Å². The van der Waals surface area contributed by atoms with Gasteiger partial charge in [-0.15, -0.1) is 0 Å². The van der Waals surface area contributed by atoms with Gasteiger partial charge < -0.3 is 19.0 Å². The van der Waals surface area contributed by atoms with E-state index in [0.29, 0.717) is 26.2 Å². The standard InChI is InChI=1S/C27H43N5O4Si/c1-20(33)13-17-34-15-9-14-31-28-19-23(29-31)26-22-18-21(36-37(5,6)27(2,3)4)11-12-24(22)32(30-26)25-10-7-8-16-35-25/h11-12,18-20,25,33H,7-10,13-17H2,1-6H3/t20-,25?/m1/s1. The molecule has 0 radical (unpaired) electrons. The molecule has 2 aromatic heterocycles. The molecule has 1 N–H and O–H groups in total. The van der Waals surface area contributed by atoms with Gasteiger partial charge in [0.1, 0.15) is 17.1 Å². The Balaban J connectivity index is 1.58. The highest BCUT2D eigenvalue weighted by molar-refractivity contribution is 6.74. The van der Waals surface area contributed by atoms with Crippen LogP contribution in [0.15, 0.2) is 24.4 Å². The zero-order valence-electron chi connectivity index (χ0n) is 23.2. The number of rotatable bonds is 11. The Morgan fingerprint density at radius 3 is 2.70 bits per heavy atom. The average molecular weight is 530 g/mol. The first kappa shape index (κ1) is 27.8. The summed E-state index contributed by atoms with van der Waals surface area (Å²) in [5, 5.41) is 24.7. The Morgan fingerprint density at radius 1 is 1.19 bits per heavy atom. The Hall–Kier alpha value is -2.27. The number of aliphatic hydroxyl groups is 1. The molecule has 1 fully saturated rings. The summed E-state index contributed by atoms with van der Waals surface area (Å²) in [5.41, 5.74) is 2.55. The van der Waals surface area contributed by atoms with Gasteiger partial charge in [-0.25, -0.2) is 4.68 Å². The van der Waals surface area contributed by atoms with Gasteiger partial charge in [-0.1, -0.05) is 20.8 Å². The van der Waals surface area contributed by atoms with E-state index in [2.05, 4.69) is 57.2 Å². The quantitative estimate of drug-likeness (QED) is 0.257. The molecule has 1 aliphatic heterocycles. The Bertz CT molecular complexity index is 1160. The van der Waals surface area contributed by atoms with Gasteiger partial charge in [-0.2, -0.15) is 20.1 Å². The highest BCUT2D eigenvalue weighted by Crippen LogP contribution is 2.39. The van der Waals surface area contributed by atoms with Gasteiger partial charge >= 0.3 is 0 Å². The van der Waals surface area contributed by atoms with Gasteiger partial charge in [0.05, 0.1) is 24.4 Å². The van der Waals surface area contributed by atoms with Crippen LogP contribution >= 0.6 is 0 Å². The maximum atomic E-state index is 9.34. The van der Waals surface area contributed by atoms with E-state index < -0.39 is 8.32 Å². The lowest BCUT2D eigenvalue weighted by molar-refractivity contribution is -0.0365. The first-order chi connectivity index (χ1) is 17.5. The van der Waals surface area contributed by atoms with Crippen molar-refractivity contribution in [2.75, 3.05) is 19.8 Å².